The number of ether oxygens (including phenoxy) is 5. The predicted molar refractivity (Wildman–Crippen MR) is 397 cm³/mol. The number of methoxy groups -OCH3 is 3. The Hall–Kier alpha value is -8.69. The topological polar surface area (TPSA) is 230 Å². The molecule has 0 bridgehead atoms. The van der Waals surface area contributed by atoms with E-state index in [1.54, 1.807) is 80.6 Å². The zero-order chi connectivity index (χ0) is 72.4. The second-order valence-corrected chi connectivity index (χ2v) is 27.8. The number of para-hydroxylation sites is 3. The highest BCUT2D eigenvalue weighted by molar-refractivity contribution is 6.07. The summed E-state index contributed by atoms with van der Waals surface area (Å²) in [6, 6.07) is 40.2. The number of aryl methyl sites for hydroxylation is 3. The van der Waals surface area contributed by atoms with Crippen molar-refractivity contribution >= 4 is 47.0 Å². The molecule has 6 aromatic rings. The number of carbonyl (C=O) groups excluding carboxylic acids is 4. The number of rotatable bonds is 20. The van der Waals surface area contributed by atoms with E-state index in [4.69, 9.17) is 34.5 Å². The maximum atomic E-state index is 12.8. The number of nitrogens with two attached hydrogens (primary N) is 1. The second-order valence-electron chi connectivity index (χ2n) is 27.8. The Balaban J connectivity index is 0.000000219. The number of benzene rings is 6. The average molecular weight is 1360 g/mol. The minimum Gasteiger partial charge on any atom is -0.496 e. The number of hydrogen-bond acceptors (Lipinski definition) is 15. The van der Waals surface area contributed by atoms with Crippen molar-refractivity contribution < 1.29 is 52.8 Å². The summed E-state index contributed by atoms with van der Waals surface area (Å²) in [6.45, 7) is 29.2. The molecular formula is C79H111N9O11. The van der Waals surface area contributed by atoms with Gasteiger partial charge in [0.1, 0.15) is 34.0 Å². The number of carboxylic acid groups (broad SMARTS) is 1. The van der Waals surface area contributed by atoms with Gasteiger partial charge in [-0.3, -0.25) is 9.59 Å². The largest absolute Gasteiger partial charge is 0.496 e. The summed E-state index contributed by atoms with van der Waals surface area (Å²) in [5.41, 5.74) is 16.2. The van der Waals surface area contributed by atoms with Gasteiger partial charge in [-0.15, -0.1) is 0 Å². The first-order valence-corrected chi connectivity index (χ1v) is 34.6. The average Bonchev–Trinajstić information content (AvgIpc) is 0.847. The van der Waals surface area contributed by atoms with E-state index in [0.29, 0.717) is 59.2 Å². The fraction of sp³-hybridized carbons (Fsp3) is 0.481. The molecule has 3 saturated heterocycles. The van der Waals surface area contributed by atoms with Crippen LogP contribution in [0.15, 0.2) is 127 Å². The van der Waals surface area contributed by atoms with Gasteiger partial charge < -0.3 is 75.0 Å². The van der Waals surface area contributed by atoms with Crippen LogP contribution in [0.2, 0.25) is 0 Å². The molecule has 0 aliphatic carbocycles. The highest BCUT2D eigenvalue weighted by Crippen LogP contribution is 2.34. The Morgan fingerprint density at radius 1 is 0.485 bits per heavy atom. The van der Waals surface area contributed by atoms with Gasteiger partial charge in [-0.1, -0.05) is 72.8 Å². The number of hydrogen-bond donors (Lipinski definition) is 5. The monoisotopic (exact) mass is 1360 g/mol. The zero-order valence-electron chi connectivity index (χ0n) is 61.4. The lowest BCUT2D eigenvalue weighted by Gasteiger charge is -2.33. The summed E-state index contributed by atoms with van der Waals surface area (Å²) < 4.78 is 26.3. The lowest BCUT2D eigenvalue weighted by molar-refractivity contribution is 0.0268. The van der Waals surface area contributed by atoms with Crippen molar-refractivity contribution in [2.24, 2.45) is 0 Å². The predicted octanol–water partition coefficient (Wildman–Crippen LogP) is 14.0. The molecule has 3 aliphatic rings. The van der Waals surface area contributed by atoms with Crippen LogP contribution in [0.4, 0.5) is 26.7 Å². The van der Waals surface area contributed by atoms with Crippen molar-refractivity contribution in [2.45, 2.75) is 130 Å². The summed E-state index contributed by atoms with van der Waals surface area (Å²) in [6.07, 6.45) is 6.30. The molecule has 6 N–H and O–H groups in total. The van der Waals surface area contributed by atoms with Crippen LogP contribution in [0.5, 0.6) is 17.2 Å². The third-order valence-electron chi connectivity index (χ3n) is 18.1. The van der Waals surface area contributed by atoms with Gasteiger partial charge in [-0.05, 0) is 253 Å². The van der Waals surface area contributed by atoms with Crippen LogP contribution in [0.3, 0.4) is 0 Å². The molecule has 0 aromatic heterocycles. The number of nitrogens with zero attached hydrogens (tertiary/aromatic N) is 5. The molecule has 0 unspecified atom stereocenters. The van der Waals surface area contributed by atoms with Crippen molar-refractivity contribution in [3.8, 4) is 17.2 Å². The fourth-order valence-electron chi connectivity index (χ4n) is 12.2. The van der Waals surface area contributed by atoms with E-state index < -0.39 is 17.2 Å². The summed E-state index contributed by atoms with van der Waals surface area (Å²) in [5, 5.41) is 17.9. The molecule has 0 radical (unpaired) electrons. The first kappa shape index (κ1) is 79.3. The first-order chi connectivity index (χ1) is 47.1. The Bertz CT molecular complexity index is 3560. The smallest absolute Gasteiger partial charge is 0.410 e. The Morgan fingerprint density at radius 2 is 0.808 bits per heavy atom. The fourth-order valence-corrected chi connectivity index (χ4v) is 12.2. The molecular weight excluding hydrogens is 1250 g/mol. The highest BCUT2D eigenvalue weighted by atomic mass is 16.6. The molecule has 0 atom stereocenters. The number of amides is 4. The third-order valence-corrected chi connectivity index (χ3v) is 18.1. The van der Waals surface area contributed by atoms with Crippen LogP contribution in [0, 0.1) is 20.8 Å². The summed E-state index contributed by atoms with van der Waals surface area (Å²) in [5.74, 6) is 1.94. The summed E-state index contributed by atoms with van der Waals surface area (Å²) >= 11 is 0. The van der Waals surface area contributed by atoms with Crippen molar-refractivity contribution in [3.05, 3.63) is 177 Å². The van der Waals surface area contributed by atoms with Gasteiger partial charge in [0.05, 0.1) is 32.5 Å². The van der Waals surface area contributed by atoms with Gasteiger partial charge >= 0.3 is 18.2 Å². The highest BCUT2D eigenvalue weighted by Gasteiger charge is 2.27. The van der Waals surface area contributed by atoms with E-state index >= 15 is 0 Å². The first-order valence-electron chi connectivity index (χ1n) is 34.6. The molecule has 0 spiro atoms. The Morgan fingerprint density at radius 3 is 1.12 bits per heavy atom. The lowest BCUT2D eigenvalue weighted by Crippen LogP contribution is -2.41. The zero-order valence-corrected chi connectivity index (χ0v) is 61.4. The number of anilines is 3. The number of likely N-dealkylation sites (tertiary alicyclic amines) is 3. The van der Waals surface area contributed by atoms with Gasteiger partial charge in [0.25, 0.3) is 11.8 Å². The standard InChI is InChI=1S/C28H39N3O4.C23H31N3O2.C20H33N3O2.C8H8O3/c1-20-19-22(11-12-24(20)29-26(32)23-9-7-8-10-25(23)34-6)21-13-15-31(16-14-21)18-17-30(5)27(33)35-28(2,3)4;1-17-16-19(18-10-13-26(14-11-18)15-12-24-2)8-9-21(17)25-23(27)20-6-4-5-7-22(20)28-3;1-15-14-17(6-7-18(15)21)16-8-10-23(11-9-16)13-12-22(5)19(24)25-20(2,3)4;1-11-7-5-3-2-4-6(7)8(9)10/h7-12,19,21H,13-18H2,1-6H3,(H,29,32);4-9,16,18,24H,10-15H2,1-3H3,(H,25,27);6-7,14,16H,8-13,21H2,1-5H3;2-5H,1H3,(H,9,10). The van der Waals surface area contributed by atoms with E-state index in [0.717, 1.165) is 119 Å². The second kappa shape index (κ2) is 38.6. The Labute approximate surface area is 588 Å². The number of aromatic carboxylic acids is 1. The number of likely N-dealkylation sites (N-methyl/N-ethyl adjacent to an activating group) is 3. The normalized spacial score (nSPS) is 14.9. The number of nitrogen functional groups attached to an aromatic ring is 1. The van der Waals surface area contributed by atoms with E-state index in [2.05, 4.69) is 80.9 Å². The van der Waals surface area contributed by atoms with Gasteiger partial charge in [0.15, 0.2) is 0 Å². The Kier molecular flexibility index (Phi) is 30.9. The quantitative estimate of drug-likeness (QED) is 0.0448. The maximum absolute atomic E-state index is 12.8. The van der Waals surface area contributed by atoms with Crippen molar-refractivity contribution in [2.75, 3.05) is 137 Å². The van der Waals surface area contributed by atoms with Crippen LogP contribution in [-0.2, 0) is 9.47 Å². The minimum absolute atomic E-state index is 0.147. The molecule has 99 heavy (non-hydrogen) atoms. The molecule has 3 aliphatic heterocycles. The van der Waals surface area contributed by atoms with Gasteiger partial charge in [-0.2, -0.15) is 0 Å². The third kappa shape index (κ3) is 25.5. The maximum Gasteiger partial charge on any atom is 0.410 e. The van der Waals surface area contributed by atoms with E-state index in [9.17, 15) is 24.0 Å². The van der Waals surface area contributed by atoms with Crippen molar-refractivity contribution in [3.63, 3.8) is 0 Å². The number of carboxylic acids is 1. The molecule has 3 fully saturated rings. The van der Waals surface area contributed by atoms with Gasteiger partial charge in [0.2, 0.25) is 0 Å². The molecule has 0 saturated carbocycles. The van der Waals surface area contributed by atoms with E-state index in [-0.39, 0.29) is 29.6 Å². The molecule has 6 aromatic carbocycles. The lowest BCUT2D eigenvalue weighted by atomic mass is 9.88. The number of piperidine rings is 3. The molecule has 9 rings (SSSR count). The molecule has 4 amide bonds. The van der Waals surface area contributed by atoms with Gasteiger partial charge in [-0.25, -0.2) is 14.4 Å². The van der Waals surface area contributed by atoms with Crippen LogP contribution < -0.4 is 35.9 Å². The van der Waals surface area contributed by atoms with E-state index in [1.165, 1.54) is 48.3 Å². The number of nitrogens with one attached hydrogen (secondary N) is 3. The number of carbonyl (C=O) groups is 5. The molecule has 538 valence electrons. The van der Waals surface area contributed by atoms with Crippen LogP contribution >= 0.6 is 0 Å². The van der Waals surface area contributed by atoms with Crippen molar-refractivity contribution in [1.29, 1.82) is 0 Å². The minimum atomic E-state index is -0.970. The van der Waals surface area contributed by atoms with E-state index in [1.807, 2.05) is 98.0 Å². The van der Waals surface area contributed by atoms with Crippen molar-refractivity contribution in [1.82, 2.24) is 29.8 Å². The summed E-state index contributed by atoms with van der Waals surface area (Å²) in [7, 11) is 10.2. The molecule has 20 nitrogen and oxygen atoms in total. The molecule has 20 heteroatoms. The van der Waals surface area contributed by atoms with Crippen LogP contribution in [0.1, 0.15) is 162 Å². The van der Waals surface area contributed by atoms with Crippen LogP contribution in [0.25, 0.3) is 0 Å². The van der Waals surface area contributed by atoms with Gasteiger partial charge in [0, 0.05) is 70.4 Å². The summed E-state index contributed by atoms with van der Waals surface area (Å²) in [4.78, 5) is 70.8. The SMILES string of the molecule is CNCCN1CCC(c2ccc(NC(=O)c3ccccc3OC)c(C)c2)CC1.COc1ccccc1C(=O)Nc1ccc(C2CCN(CCN(C)C(=O)OC(C)(C)C)CC2)cc1C.COc1ccccc1C(=O)O.Cc1cc(C2CCN(CCN(C)C(=O)OC(C)(C)C)CC2)ccc1N. The van der Waals surface area contributed by atoms with Crippen LogP contribution in [-0.4, -0.2) is 192 Å². The molecule has 3 heterocycles.